The number of β-amino-alcohol motifs (C(OH)–C–C–N with tert-alkyl or cyclic N) is 1. The van der Waals surface area contributed by atoms with Crippen LogP contribution in [-0.2, 0) is 9.59 Å². The van der Waals surface area contributed by atoms with Crippen molar-refractivity contribution < 1.29 is 24.0 Å². The lowest BCUT2D eigenvalue weighted by atomic mass is 10.1. The number of aliphatic hydroxyl groups is 1. The molecular weight excluding hydrogens is 377 g/mol. The average Bonchev–Trinajstić information content (AvgIpc) is 2.75. The number of halogens is 2. The second-order valence-electron chi connectivity index (χ2n) is 4.67. The van der Waals surface area contributed by atoms with Crippen LogP contribution in [0.3, 0.4) is 0 Å². The molecule has 0 bridgehead atoms. The molecular formula is C13H11BrFN3O5. The SMILES string of the molecule is Cc1cc([N+](=O)[O-])c(F)c(Br)c1NC1=CC(=O)N(CCO)C1=O. The Hall–Kier alpha value is -2.33. The highest BCUT2D eigenvalue weighted by Gasteiger charge is 2.32. The summed E-state index contributed by atoms with van der Waals surface area (Å²) in [6.45, 7) is 0.953. The van der Waals surface area contributed by atoms with Crippen LogP contribution in [0.1, 0.15) is 5.56 Å². The fourth-order valence-electron chi connectivity index (χ4n) is 2.07. The molecule has 2 amide bonds. The molecule has 1 heterocycles. The third-order valence-electron chi connectivity index (χ3n) is 3.17. The van der Waals surface area contributed by atoms with Crippen molar-refractivity contribution in [1.82, 2.24) is 4.90 Å². The number of hydrogen-bond donors (Lipinski definition) is 2. The van der Waals surface area contributed by atoms with E-state index in [1.807, 2.05) is 0 Å². The van der Waals surface area contributed by atoms with Gasteiger partial charge < -0.3 is 10.4 Å². The minimum absolute atomic E-state index is 0.103. The summed E-state index contributed by atoms with van der Waals surface area (Å²) in [6, 6.07) is 1.02. The van der Waals surface area contributed by atoms with Crippen molar-refractivity contribution in [3.05, 3.63) is 43.8 Å². The summed E-state index contributed by atoms with van der Waals surface area (Å²) in [4.78, 5) is 34.4. The van der Waals surface area contributed by atoms with E-state index >= 15 is 0 Å². The minimum atomic E-state index is -1.09. The molecule has 1 aliphatic rings. The van der Waals surface area contributed by atoms with Gasteiger partial charge in [0.2, 0.25) is 5.82 Å². The normalized spacial score (nSPS) is 14.3. The number of amides is 2. The fraction of sp³-hybridized carbons (Fsp3) is 0.231. The topological polar surface area (TPSA) is 113 Å². The van der Waals surface area contributed by atoms with Gasteiger partial charge >= 0.3 is 5.69 Å². The van der Waals surface area contributed by atoms with Crippen molar-refractivity contribution in [2.24, 2.45) is 0 Å². The molecule has 0 radical (unpaired) electrons. The van der Waals surface area contributed by atoms with Gasteiger partial charge in [-0.25, -0.2) is 0 Å². The maximum atomic E-state index is 14.0. The van der Waals surface area contributed by atoms with E-state index in [1.165, 1.54) is 6.92 Å². The third-order valence-corrected chi connectivity index (χ3v) is 3.92. The Labute approximate surface area is 137 Å². The van der Waals surface area contributed by atoms with Gasteiger partial charge in [0.1, 0.15) is 5.70 Å². The van der Waals surface area contributed by atoms with E-state index in [-0.39, 0.29) is 29.0 Å². The molecule has 0 aliphatic carbocycles. The number of nitrogens with zero attached hydrogens (tertiary/aromatic N) is 2. The number of anilines is 1. The van der Waals surface area contributed by atoms with Crippen LogP contribution in [-0.4, -0.2) is 39.9 Å². The number of benzene rings is 1. The number of aliphatic hydroxyl groups excluding tert-OH is 1. The van der Waals surface area contributed by atoms with Crippen LogP contribution in [0.2, 0.25) is 0 Å². The standard InChI is InChI=1S/C13H11BrFN3O5/c1-6-4-8(18(22)23)11(15)10(14)12(6)16-7-5-9(20)17(2-3-19)13(7)21/h4-5,16,19H,2-3H2,1H3. The predicted molar refractivity (Wildman–Crippen MR) is 81.0 cm³/mol. The van der Waals surface area contributed by atoms with Gasteiger partial charge in [-0.15, -0.1) is 0 Å². The van der Waals surface area contributed by atoms with E-state index in [0.29, 0.717) is 5.56 Å². The molecule has 2 N–H and O–H groups in total. The van der Waals surface area contributed by atoms with Crippen molar-refractivity contribution in [2.75, 3.05) is 18.5 Å². The second kappa shape index (κ2) is 6.42. The van der Waals surface area contributed by atoms with Crippen LogP contribution >= 0.6 is 15.9 Å². The smallest absolute Gasteiger partial charge is 0.306 e. The van der Waals surface area contributed by atoms with Crippen LogP contribution in [0.25, 0.3) is 0 Å². The van der Waals surface area contributed by atoms with E-state index in [1.54, 1.807) is 0 Å². The minimum Gasteiger partial charge on any atom is -0.395 e. The van der Waals surface area contributed by atoms with E-state index in [4.69, 9.17) is 5.11 Å². The summed E-state index contributed by atoms with van der Waals surface area (Å²) < 4.78 is 13.8. The summed E-state index contributed by atoms with van der Waals surface area (Å²) in [5, 5.41) is 22.2. The van der Waals surface area contributed by atoms with Gasteiger partial charge in [-0.3, -0.25) is 24.6 Å². The lowest BCUT2D eigenvalue weighted by molar-refractivity contribution is -0.387. The molecule has 122 valence electrons. The molecule has 0 saturated carbocycles. The number of nitrogens with one attached hydrogen (secondary N) is 1. The summed E-state index contributed by atoms with van der Waals surface area (Å²) in [6.07, 6.45) is 1.02. The van der Waals surface area contributed by atoms with Gasteiger partial charge in [-0.2, -0.15) is 4.39 Å². The van der Waals surface area contributed by atoms with Crippen LogP contribution < -0.4 is 5.32 Å². The first kappa shape index (κ1) is 17.0. The van der Waals surface area contributed by atoms with Crippen molar-refractivity contribution in [3.8, 4) is 0 Å². The van der Waals surface area contributed by atoms with E-state index in [9.17, 15) is 24.1 Å². The van der Waals surface area contributed by atoms with Gasteiger partial charge in [-0.1, -0.05) is 0 Å². The van der Waals surface area contributed by atoms with Gasteiger partial charge in [0.25, 0.3) is 11.8 Å². The first-order valence-electron chi connectivity index (χ1n) is 6.36. The van der Waals surface area contributed by atoms with Crippen molar-refractivity contribution in [2.45, 2.75) is 6.92 Å². The Morgan fingerprint density at radius 2 is 2.13 bits per heavy atom. The second-order valence-corrected chi connectivity index (χ2v) is 5.47. The molecule has 1 aliphatic heterocycles. The number of rotatable bonds is 5. The van der Waals surface area contributed by atoms with E-state index in [2.05, 4.69) is 21.2 Å². The van der Waals surface area contributed by atoms with Crippen molar-refractivity contribution in [3.63, 3.8) is 0 Å². The van der Waals surface area contributed by atoms with Gasteiger partial charge in [0, 0.05) is 12.1 Å². The first-order chi connectivity index (χ1) is 10.8. The Balaban J connectivity index is 2.37. The van der Waals surface area contributed by atoms with Crippen LogP contribution in [0.5, 0.6) is 0 Å². The van der Waals surface area contributed by atoms with Crippen molar-refractivity contribution in [1.29, 1.82) is 0 Å². The van der Waals surface area contributed by atoms with Crippen LogP contribution in [0.15, 0.2) is 22.3 Å². The van der Waals surface area contributed by atoms with Crippen LogP contribution in [0.4, 0.5) is 15.8 Å². The largest absolute Gasteiger partial charge is 0.395 e. The predicted octanol–water partition coefficient (Wildman–Crippen LogP) is 1.46. The van der Waals surface area contributed by atoms with Gasteiger partial charge in [-0.05, 0) is 28.4 Å². The monoisotopic (exact) mass is 387 g/mol. The number of nitro benzene ring substituents is 1. The third kappa shape index (κ3) is 3.08. The Morgan fingerprint density at radius 3 is 2.70 bits per heavy atom. The molecule has 10 heteroatoms. The molecule has 1 aromatic carbocycles. The number of imide groups is 1. The molecule has 0 spiro atoms. The number of carbonyl (C=O) groups is 2. The Kier molecular flexibility index (Phi) is 4.76. The molecule has 0 unspecified atom stereocenters. The lowest BCUT2D eigenvalue weighted by Crippen LogP contribution is -2.34. The summed E-state index contributed by atoms with van der Waals surface area (Å²) in [5.74, 6) is -2.37. The molecule has 0 saturated heterocycles. The average molecular weight is 388 g/mol. The summed E-state index contributed by atoms with van der Waals surface area (Å²) in [5.41, 5.74) is -0.400. The molecule has 0 fully saturated rings. The number of carbonyl (C=O) groups excluding carboxylic acids is 2. The van der Waals surface area contributed by atoms with E-state index < -0.39 is 28.2 Å². The highest BCUT2D eigenvalue weighted by molar-refractivity contribution is 9.10. The number of aryl methyl sites for hydroxylation is 1. The molecule has 0 atom stereocenters. The first-order valence-corrected chi connectivity index (χ1v) is 7.15. The van der Waals surface area contributed by atoms with E-state index in [0.717, 1.165) is 17.0 Å². The molecule has 1 aromatic rings. The highest BCUT2D eigenvalue weighted by atomic mass is 79.9. The van der Waals surface area contributed by atoms with Crippen molar-refractivity contribution >= 4 is 39.1 Å². The molecule has 8 nitrogen and oxygen atoms in total. The lowest BCUT2D eigenvalue weighted by Gasteiger charge is -2.15. The summed E-state index contributed by atoms with van der Waals surface area (Å²) in [7, 11) is 0. The Bertz CT molecular complexity index is 750. The van der Waals surface area contributed by atoms with Gasteiger partial charge in [0.15, 0.2) is 0 Å². The zero-order valence-electron chi connectivity index (χ0n) is 11.8. The quantitative estimate of drug-likeness (QED) is 0.449. The molecule has 2 rings (SSSR count). The number of nitro groups is 1. The maximum absolute atomic E-state index is 14.0. The van der Waals surface area contributed by atoms with Gasteiger partial charge in [0.05, 0.1) is 28.2 Å². The number of hydrogen-bond acceptors (Lipinski definition) is 6. The molecule has 23 heavy (non-hydrogen) atoms. The zero-order chi connectivity index (χ0) is 17.3. The molecule has 0 aromatic heterocycles. The fourth-order valence-corrected chi connectivity index (χ4v) is 2.68. The highest BCUT2D eigenvalue weighted by Crippen LogP contribution is 2.36. The van der Waals surface area contributed by atoms with Crippen LogP contribution in [0, 0.1) is 22.9 Å². The zero-order valence-corrected chi connectivity index (χ0v) is 13.4. The Morgan fingerprint density at radius 1 is 1.48 bits per heavy atom. The maximum Gasteiger partial charge on any atom is 0.306 e. The summed E-state index contributed by atoms with van der Waals surface area (Å²) >= 11 is 2.92.